The molecule has 182 valence electrons. The quantitative estimate of drug-likeness (QED) is 0.308. The van der Waals surface area contributed by atoms with Gasteiger partial charge in [-0.15, -0.1) is 0 Å². The van der Waals surface area contributed by atoms with Crippen LogP contribution in [0, 0.1) is 0 Å². The van der Waals surface area contributed by atoms with Gasteiger partial charge in [0, 0.05) is 36.9 Å². The van der Waals surface area contributed by atoms with E-state index in [9.17, 15) is 9.59 Å². The number of fused-ring (bicyclic) bond motifs is 2. The van der Waals surface area contributed by atoms with E-state index >= 15 is 0 Å². The van der Waals surface area contributed by atoms with Crippen molar-refractivity contribution >= 4 is 49.3 Å². The molecule has 0 bridgehead atoms. The van der Waals surface area contributed by atoms with Crippen LogP contribution >= 0.6 is 31.9 Å². The lowest BCUT2D eigenvalue weighted by atomic mass is 9.79. The number of esters is 1. The van der Waals surface area contributed by atoms with Crippen LogP contribution in [0.1, 0.15) is 46.8 Å². The molecule has 2 aliphatic rings. The van der Waals surface area contributed by atoms with E-state index in [1.165, 1.54) is 0 Å². The van der Waals surface area contributed by atoms with Crippen LogP contribution in [-0.4, -0.2) is 18.4 Å². The monoisotopic (exact) mass is 607 g/mol. The normalized spacial score (nSPS) is 16.4. The van der Waals surface area contributed by atoms with Crippen molar-refractivity contribution in [3.8, 4) is 5.75 Å². The predicted octanol–water partition coefficient (Wildman–Crippen LogP) is 6.92. The van der Waals surface area contributed by atoms with E-state index in [0.717, 1.165) is 31.3 Å². The molecule has 0 aromatic heterocycles. The molecule has 1 atom stereocenters. The van der Waals surface area contributed by atoms with Gasteiger partial charge < -0.3 is 14.8 Å². The Morgan fingerprint density at radius 2 is 1.67 bits per heavy atom. The van der Waals surface area contributed by atoms with Crippen molar-refractivity contribution in [2.45, 2.75) is 26.4 Å². The van der Waals surface area contributed by atoms with Gasteiger partial charge in [0.25, 0.3) is 0 Å². The van der Waals surface area contributed by atoms with Gasteiger partial charge in [0.15, 0.2) is 5.78 Å². The summed E-state index contributed by atoms with van der Waals surface area (Å²) in [5.41, 5.74) is 5.48. The van der Waals surface area contributed by atoms with Crippen molar-refractivity contribution in [3.63, 3.8) is 0 Å². The van der Waals surface area contributed by atoms with Crippen LogP contribution in [0.4, 0.5) is 0 Å². The zero-order chi connectivity index (χ0) is 25.4. The summed E-state index contributed by atoms with van der Waals surface area (Å²) in [5.74, 6) is -0.622. The maximum atomic E-state index is 13.7. The molecule has 1 heterocycles. The van der Waals surface area contributed by atoms with Gasteiger partial charge in [-0.25, -0.2) is 4.79 Å². The highest BCUT2D eigenvalue weighted by atomic mass is 79.9. The summed E-state index contributed by atoms with van der Waals surface area (Å²) in [6, 6.07) is 21.1. The van der Waals surface area contributed by atoms with Crippen molar-refractivity contribution < 1.29 is 19.1 Å². The molecule has 0 amide bonds. The Morgan fingerprint density at radius 1 is 0.972 bits per heavy atom. The lowest BCUT2D eigenvalue weighted by Gasteiger charge is -2.30. The Balaban J connectivity index is 1.64. The van der Waals surface area contributed by atoms with Crippen molar-refractivity contribution in [1.29, 1.82) is 0 Å². The van der Waals surface area contributed by atoms with Gasteiger partial charge in [0.05, 0.1) is 23.8 Å². The SMILES string of the molecule is CCOC(=O)C1=C(C)NC2=C(C(=O)c3ccccc32)[C@H]1c1cc(Br)ccc1OCc1ccc(Br)cc1. The van der Waals surface area contributed by atoms with Crippen LogP contribution in [0.25, 0.3) is 5.70 Å². The molecule has 7 heteroatoms. The van der Waals surface area contributed by atoms with E-state index in [0.29, 0.717) is 34.8 Å². The minimum absolute atomic E-state index is 0.105. The van der Waals surface area contributed by atoms with E-state index in [2.05, 4.69) is 37.2 Å². The number of rotatable bonds is 6. The second-order valence-electron chi connectivity index (χ2n) is 8.58. The molecule has 0 unspecified atom stereocenters. The molecular formula is C29H23Br2NO4. The lowest BCUT2D eigenvalue weighted by Crippen LogP contribution is -2.29. The van der Waals surface area contributed by atoms with Crippen LogP contribution in [-0.2, 0) is 16.1 Å². The van der Waals surface area contributed by atoms with Crippen molar-refractivity contribution in [1.82, 2.24) is 5.32 Å². The molecule has 1 aliphatic carbocycles. The number of nitrogens with one attached hydrogen (secondary N) is 1. The topological polar surface area (TPSA) is 64.6 Å². The smallest absolute Gasteiger partial charge is 0.336 e. The van der Waals surface area contributed by atoms with Crippen LogP contribution < -0.4 is 10.1 Å². The van der Waals surface area contributed by atoms with Gasteiger partial charge in [0.2, 0.25) is 0 Å². The van der Waals surface area contributed by atoms with Gasteiger partial charge in [-0.3, -0.25) is 4.79 Å². The third kappa shape index (κ3) is 4.42. The van der Waals surface area contributed by atoms with Crippen LogP contribution in [0.15, 0.2) is 92.5 Å². The number of carbonyl (C=O) groups is 2. The zero-order valence-electron chi connectivity index (χ0n) is 19.7. The van der Waals surface area contributed by atoms with Crippen LogP contribution in [0.5, 0.6) is 5.75 Å². The van der Waals surface area contributed by atoms with E-state index in [4.69, 9.17) is 9.47 Å². The van der Waals surface area contributed by atoms with E-state index in [-0.39, 0.29) is 12.4 Å². The number of benzene rings is 3. The number of ketones is 1. The average molecular weight is 609 g/mol. The van der Waals surface area contributed by atoms with Gasteiger partial charge in [-0.2, -0.15) is 0 Å². The summed E-state index contributed by atoms with van der Waals surface area (Å²) in [6.45, 7) is 4.18. The fourth-order valence-corrected chi connectivity index (χ4v) is 5.38. The molecular weight excluding hydrogens is 586 g/mol. The molecule has 0 radical (unpaired) electrons. The standard InChI is InChI=1S/C29H23Br2NO4/c1-3-35-29(34)24-16(2)32-27-20-6-4-5-7-21(20)28(33)26(27)25(24)22-14-19(31)12-13-23(22)36-15-17-8-10-18(30)11-9-17/h4-14,25,32H,3,15H2,1-2H3/t25-/m0/s1. The molecule has 5 nitrogen and oxygen atoms in total. The Morgan fingerprint density at radius 3 is 2.39 bits per heavy atom. The number of ether oxygens (including phenoxy) is 2. The molecule has 0 spiro atoms. The number of hydrogen-bond donors (Lipinski definition) is 1. The molecule has 0 fully saturated rings. The molecule has 36 heavy (non-hydrogen) atoms. The Bertz CT molecular complexity index is 1440. The number of Topliss-reactive ketones (excluding diaryl/α,β-unsaturated/α-hetero) is 1. The first-order chi connectivity index (χ1) is 17.4. The Kier molecular flexibility index (Phi) is 6.86. The minimum atomic E-state index is -0.655. The van der Waals surface area contributed by atoms with Crippen molar-refractivity contribution in [3.05, 3.63) is 115 Å². The Hall–Kier alpha value is -3.16. The first-order valence-corrected chi connectivity index (χ1v) is 13.2. The van der Waals surface area contributed by atoms with Gasteiger partial charge in [-0.05, 0) is 49.7 Å². The first kappa shape index (κ1) is 24.5. The minimum Gasteiger partial charge on any atom is -0.489 e. The van der Waals surface area contributed by atoms with Crippen molar-refractivity contribution in [2.24, 2.45) is 0 Å². The predicted molar refractivity (Wildman–Crippen MR) is 146 cm³/mol. The number of halogens is 2. The largest absolute Gasteiger partial charge is 0.489 e. The third-order valence-electron chi connectivity index (χ3n) is 6.33. The number of hydrogen-bond acceptors (Lipinski definition) is 5. The maximum absolute atomic E-state index is 13.7. The highest BCUT2D eigenvalue weighted by molar-refractivity contribution is 9.10. The van der Waals surface area contributed by atoms with E-state index in [1.807, 2.05) is 73.7 Å². The third-order valence-corrected chi connectivity index (χ3v) is 7.36. The van der Waals surface area contributed by atoms with Gasteiger partial charge in [-0.1, -0.05) is 68.3 Å². The number of allylic oxidation sites excluding steroid dienone is 2. The summed E-state index contributed by atoms with van der Waals surface area (Å²) < 4.78 is 13.5. The fourth-order valence-electron chi connectivity index (χ4n) is 4.74. The maximum Gasteiger partial charge on any atom is 0.336 e. The highest BCUT2D eigenvalue weighted by Crippen LogP contribution is 2.49. The molecule has 1 N–H and O–H groups in total. The molecule has 0 saturated heterocycles. The number of carbonyl (C=O) groups excluding carboxylic acids is 2. The summed E-state index contributed by atoms with van der Waals surface area (Å²) in [7, 11) is 0. The number of dihydropyridines is 1. The average Bonchev–Trinajstić information content (AvgIpc) is 3.15. The molecule has 5 rings (SSSR count). The zero-order valence-corrected chi connectivity index (χ0v) is 22.9. The summed E-state index contributed by atoms with van der Waals surface area (Å²) in [5, 5.41) is 3.33. The first-order valence-electron chi connectivity index (χ1n) is 11.6. The molecule has 1 aliphatic heterocycles. The van der Waals surface area contributed by atoms with Crippen molar-refractivity contribution in [2.75, 3.05) is 6.61 Å². The Labute approximate surface area is 226 Å². The highest BCUT2D eigenvalue weighted by Gasteiger charge is 2.44. The fraction of sp³-hybridized carbons (Fsp3) is 0.172. The second kappa shape index (κ2) is 10.1. The molecule has 0 saturated carbocycles. The second-order valence-corrected chi connectivity index (χ2v) is 10.4. The summed E-state index contributed by atoms with van der Waals surface area (Å²) >= 11 is 7.03. The van der Waals surface area contributed by atoms with Gasteiger partial charge in [0.1, 0.15) is 12.4 Å². The van der Waals surface area contributed by atoms with Crippen LogP contribution in [0.3, 0.4) is 0 Å². The van der Waals surface area contributed by atoms with Crippen LogP contribution in [0.2, 0.25) is 0 Å². The summed E-state index contributed by atoms with van der Waals surface area (Å²) in [4.78, 5) is 27.0. The lowest BCUT2D eigenvalue weighted by molar-refractivity contribution is -0.138. The molecule has 3 aromatic rings. The van der Waals surface area contributed by atoms with Gasteiger partial charge >= 0.3 is 5.97 Å². The van der Waals surface area contributed by atoms with E-state index < -0.39 is 11.9 Å². The van der Waals surface area contributed by atoms with E-state index in [1.54, 1.807) is 6.92 Å². The summed E-state index contributed by atoms with van der Waals surface area (Å²) in [6.07, 6.45) is 0. The molecule has 3 aromatic carbocycles.